The molecule has 1 aromatic rings. The summed E-state index contributed by atoms with van der Waals surface area (Å²) in [6.07, 6.45) is 1.76. The van der Waals surface area contributed by atoms with Crippen LogP contribution < -0.4 is 5.32 Å². The van der Waals surface area contributed by atoms with Crippen molar-refractivity contribution in [3.8, 4) is 0 Å². The van der Waals surface area contributed by atoms with E-state index in [1.807, 2.05) is 4.57 Å². The molecule has 1 saturated heterocycles. The molecule has 1 aliphatic heterocycles. The van der Waals surface area contributed by atoms with Gasteiger partial charge in [-0.3, -0.25) is 0 Å². The van der Waals surface area contributed by atoms with Gasteiger partial charge in [0.2, 0.25) is 0 Å². The molecule has 1 N–H and O–H groups in total. The van der Waals surface area contributed by atoms with Gasteiger partial charge in [0, 0.05) is 13.1 Å². The van der Waals surface area contributed by atoms with Gasteiger partial charge < -0.3 is 14.6 Å². The molecule has 0 amide bonds. The number of morpholine rings is 1. The Balaban J connectivity index is 2.13. The van der Waals surface area contributed by atoms with Crippen LogP contribution in [-0.2, 0) is 11.3 Å². The smallest absolute Gasteiger partial charge is 0.152 e. The molecular weight excluding hydrogens is 168 g/mol. The van der Waals surface area contributed by atoms with E-state index in [1.165, 1.54) is 0 Å². The average Bonchev–Trinajstić information content (AvgIpc) is 2.67. The molecule has 2 heterocycles. The summed E-state index contributed by atoms with van der Waals surface area (Å²) >= 11 is 0. The van der Waals surface area contributed by atoms with Gasteiger partial charge in [-0.2, -0.15) is 0 Å². The van der Waals surface area contributed by atoms with Gasteiger partial charge >= 0.3 is 0 Å². The highest BCUT2D eigenvalue weighted by atomic mass is 16.5. The van der Waals surface area contributed by atoms with E-state index in [-0.39, 0.29) is 6.04 Å². The van der Waals surface area contributed by atoms with E-state index >= 15 is 0 Å². The minimum atomic E-state index is 0.205. The predicted octanol–water partition coefficient (Wildman–Crippen LogP) is -0.0411. The van der Waals surface area contributed by atoms with Crippen LogP contribution in [-0.4, -0.2) is 34.5 Å². The van der Waals surface area contributed by atoms with E-state index in [4.69, 9.17) is 4.74 Å². The number of hydrogen-bond donors (Lipinski definition) is 1. The van der Waals surface area contributed by atoms with Crippen LogP contribution in [0.3, 0.4) is 0 Å². The van der Waals surface area contributed by atoms with Crippen molar-refractivity contribution < 1.29 is 4.74 Å². The van der Waals surface area contributed by atoms with Crippen LogP contribution in [0.5, 0.6) is 0 Å². The maximum atomic E-state index is 5.36. The summed E-state index contributed by atoms with van der Waals surface area (Å²) in [6.45, 7) is 5.35. The van der Waals surface area contributed by atoms with Crippen molar-refractivity contribution >= 4 is 0 Å². The summed E-state index contributed by atoms with van der Waals surface area (Å²) in [4.78, 5) is 0. The van der Waals surface area contributed by atoms with Crippen LogP contribution in [0.4, 0.5) is 0 Å². The largest absolute Gasteiger partial charge is 0.378 e. The van der Waals surface area contributed by atoms with E-state index in [1.54, 1.807) is 6.33 Å². The Bertz CT molecular complexity index is 267. The van der Waals surface area contributed by atoms with E-state index in [9.17, 15) is 0 Å². The third-order valence-corrected chi connectivity index (χ3v) is 2.22. The monoisotopic (exact) mass is 182 g/mol. The number of ether oxygens (including phenoxy) is 1. The predicted molar refractivity (Wildman–Crippen MR) is 47.3 cm³/mol. The standard InChI is InChI=1S/C8H14N4O/c1-2-12-6-10-11-8(12)7-5-13-4-3-9-7/h6-7,9H,2-5H2,1H3. The first-order valence-corrected chi connectivity index (χ1v) is 4.60. The minimum absolute atomic E-state index is 0.205. The van der Waals surface area contributed by atoms with Crippen LogP contribution in [0.15, 0.2) is 6.33 Å². The molecule has 13 heavy (non-hydrogen) atoms. The molecule has 5 nitrogen and oxygen atoms in total. The summed E-state index contributed by atoms with van der Waals surface area (Å²) in [5.41, 5.74) is 0. The molecule has 1 aliphatic rings. The molecule has 1 atom stereocenters. The highest BCUT2D eigenvalue weighted by Gasteiger charge is 2.19. The Morgan fingerprint density at radius 1 is 1.77 bits per heavy atom. The van der Waals surface area contributed by atoms with Crippen molar-refractivity contribution in [2.75, 3.05) is 19.8 Å². The van der Waals surface area contributed by atoms with Crippen LogP contribution >= 0.6 is 0 Å². The fourth-order valence-electron chi connectivity index (χ4n) is 1.51. The molecule has 72 valence electrons. The lowest BCUT2D eigenvalue weighted by molar-refractivity contribution is 0.0730. The van der Waals surface area contributed by atoms with Crippen LogP contribution in [0.2, 0.25) is 0 Å². The Kier molecular flexibility index (Phi) is 2.56. The van der Waals surface area contributed by atoms with Gasteiger partial charge in [0.1, 0.15) is 6.33 Å². The lowest BCUT2D eigenvalue weighted by atomic mass is 10.2. The summed E-state index contributed by atoms with van der Waals surface area (Å²) in [5, 5.41) is 11.3. The Hall–Kier alpha value is -0.940. The normalized spacial score (nSPS) is 23.3. The number of hydrogen-bond acceptors (Lipinski definition) is 4. The maximum Gasteiger partial charge on any atom is 0.152 e. The zero-order chi connectivity index (χ0) is 9.10. The topological polar surface area (TPSA) is 52.0 Å². The van der Waals surface area contributed by atoms with E-state index in [2.05, 4.69) is 22.4 Å². The first kappa shape index (κ1) is 8.65. The molecule has 0 bridgehead atoms. The van der Waals surface area contributed by atoms with Crippen molar-refractivity contribution in [1.29, 1.82) is 0 Å². The van der Waals surface area contributed by atoms with Crippen molar-refractivity contribution in [2.24, 2.45) is 0 Å². The SMILES string of the molecule is CCn1cnnc1C1COCCN1. The van der Waals surface area contributed by atoms with Crippen LogP contribution in [0.25, 0.3) is 0 Å². The second-order valence-corrected chi connectivity index (χ2v) is 3.06. The van der Waals surface area contributed by atoms with E-state index < -0.39 is 0 Å². The molecular formula is C8H14N4O. The van der Waals surface area contributed by atoms with Gasteiger partial charge in [-0.05, 0) is 6.92 Å². The molecule has 0 aliphatic carbocycles. The van der Waals surface area contributed by atoms with Crippen molar-refractivity contribution in [3.63, 3.8) is 0 Å². The second kappa shape index (κ2) is 3.85. The fraction of sp³-hybridized carbons (Fsp3) is 0.750. The molecule has 1 fully saturated rings. The molecule has 0 spiro atoms. The van der Waals surface area contributed by atoms with Crippen molar-refractivity contribution in [3.05, 3.63) is 12.2 Å². The lowest BCUT2D eigenvalue weighted by Gasteiger charge is -2.23. The molecule has 1 unspecified atom stereocenters. The highest BCUT2D eigenvalue weighted by molar-refractivity contribution is 4.96. The number of nitrogens with one attached hydrogen (secondary N) is 1. The number of nitrogens with zero attached hydrogens (tertiary/aromatic N) is 3. The molecule has 0 saturated carbocycles. The summed E-state index contributed by atoms with van der Waals surface area (Å²) < 4.78 is 7.40. The Labute approximate surface area is 77.1 Å². The molecule has 2 rings (SSSR count). The summed E-state index contributed by atoms with van der Waals surface area (Å²) in [7, 11) is 0. The Morgan fingerprint density at radius 2 is 2.69 bits per heavy atom. The van der Waals surface area contributed by atoms with Gasteiger partial charge in [-0.25, -0.2) is 0 Å². The van der Waals surface area contributed by atoms with Gasteiger partial charge in [0.25, 0.3) is 0 Å². The van der Waals surface area contributed by atoms with E-state index in [0.717, 1.165) is 25.5 Å². The van der Waals surface area contributed by atoms with Crippen molar-refractivity contribution in [2.45, 2.75) is 19.5 Å². The number of aryl methyl sites for hydroxylation is 1. The van der Waals surface area contributed by atoms with Gasteiger partial charge in [-0.15, -0.1) is 10.2 Å². The van der Waals surface area contributed by atoms with Crippen LogP contribution in [0, 0.1) is 0 Å². The lowest BCUT2D eigenvalue weighted by Crippen LogP contribution is -2.36. The molecule has 1 aromatic heterocycles. The van der Waals surface area contributed by atoms with Gasteiger partial charge in [0.05, 0.1) is 19.3 Å². The average molecular weight is 182 g/mol. The number of aromatic nitrogens is 3. The van der Waals surface area contributed by atoms with Gasteiger partial charge in [0.15, 0.2) is 5.82 Å². The van der Waals surface area contributed by atoms with Crippen LogP contribution in [0.1, 0.15) is 18.8 Å². The molecule has 0 radical (unpaired) electrons. The summed E-state index contributed by atoms with van der Waals surface area (Å²) in [6, 6.07) is 0.205. The van der Waals surface area contributed by atoms with E-state index in [0.29, 0.717) is 6.61 Å². The third-order valence-electron chi connectivity index (χ3n) is 2.22. The first-order valence-electron chi connectivity index (χ1n) is 4.60. The van der Waals surface area contributed by atoms with Gasteiger partial charge in [-0.1, -0.05) is 0 Å². The minimum Gasteiger partial charge on any atom is -0.378 e. The highest BCUT2D eigenvalue weighted by Crippen LogP contribution is 2.12. The molecule has 5 heteroatoms. The zero-order valence-corrected chi connectivity index (χ0v) is 7.73. The third kappa shape index (κ3) is 1.71. The Morgan fingerprint density at radius 3 is 3.38 bits per heavy atom. The molecule has 0 aromatic carbocycles. The quantitative estimate of drug-likeness (QED) is 0.697. The fourth-order valence-corrected chi connectivity index (χ4v) is 1.51. The van der Waals surface area contributed by atoms with Crippen molar-refractivity contribution in [1.82, 2.24) is 20.1 Å². The summed E-state index contributed by atoms with van der Waals surface area (Å²) in [5.74, 6) is 0.974. The zero-order valence-electron chi connectivity index (χ0n) is 7.73. The number of rotatable bonds is 2. The first-order chi connectivity index (χ1) is 6.42. The second-order valence-electron chi connectivity index (χ2n) is 3.06. The maximum absolute atomic E-state index is 5.36.